The summed E-state index contributed by atoms with van der Waals surface area (Å²) in [6, 6.07) is 4.81. The maximum atomic E-state index is 12.0. The van der Waals surface area contributed by atoms with Gasteiger partial charge in [0, 0.05) is 33.3 Å². The maximum absolute atomic E-state index is 12.0. The lowest BCUT2D eigenvalue weighted by molar-refractivity contribution is -0.113. The monoisotopic (exact) mass is 363 g/mol. The average molecular weight is 364 g/mol. The predicted molar refractivity (Wildman–Crippen MR) is 107 cm³/mol. The van der Waals surface area contributed by atoms with Gasteiger partial charge in [-0.15, -0.1) is 0 Å². The van der Waals surface area contributed by atoms with Crippen LogP contribution in [0.2, 0.25) is 0 Å². The Labute approximate surface area is 157 Å². The number of Topliss-reactive ketones (excluding diaryl/α,β-unsaturated/α-hetero) is 1. The van der Waals surface area contributed by atoms with E-state index in [4.69, 9.17) is 0 Å². The molecular formula is C20H33N3O3. The van der Waals surface area contributed by atoms with Gasteiger partial charge in [0.15, 0.2) is 11.5 Å². The molecule has 26 heavy (non-hydrogen) atoms. The van der Waals surface area contributed by atoms with Crippen molar-refractivity contribution in [2.75, 3.05) is 26.0 Å². The number of hydrogen-bond donors (Lipinski definition) is 3. The topological polar surface area (TPSA) is 81.7 Å². The van der Waals surface area contributed by atoms with Crippen LogP contribution in [0.1, 0.15) is 51.9 Å². The highest BCUT2D eigenvalue weighted by Gasteiger charge is 2.17. The van der Waals surface area contributed by atoms with Gasteiger partial charge < -0.3 is 20.6 Å². The number of rotatable bonds is 6. The number of allylic oxidation sites excluding steroid dienone is 2. The lowest BCUT2D eigenvalue weighted by Gasteiger charge is -2.17. The van der Waals surface area contributed by atoms with Gasteiger partial charge in [0.25, 0.3) is 5.91 Å². The first kappa shape index (κ1) is 23.5. The lowest BCUT2D eigenvalue weighted by Crippen LogP contribution is -2.22. The SMILES string of the molecule is CC(C)C.CCN/C(C)=C(\Nc1cccc(C(=O)N(C)C)c1O)C(C)=O. The normalized spacial score (nSPS) is 11.1. The van der Waals surface area contributed by atoms with E-state index in [1.165, 1.54) is 17.9 Å². The minimum Gasteiger partial charge on any atom is -0.505 e. The molecule has 0 radical (unpaired) electrons. The standard InChI is InChI=1S/C16H23N3O3.C4H10/c1-6-17-10(2)14(11(3)20)18-13-9-7-8-12(15(13)21)16(22)19(4)5;1-4(2)3/h7-9,17-18,21H,6H2,1-5H3;4H,1-3H3/b14-10-;. The van der Waals surface area contributed by atoms with Crippen molar-refractivity contribution in [3.05, 3.63) is 35.2 Å². The quantitative estimate of drug-likeness (QED) is 0.531. The van der Waals surface area contributed by atoms with Crippen LogP contribution in [0.15, 0.2) is 29.6 Å². The molecule has 3 N–H and O–H groups in total. The Kier molecular flexibility index (Phi) is 10.1. The predicted octanol–water partition coefficient (Wildman–Crippen LogP) is 3.60. The number of anilines is 1. The Bertz CT molecular complexity index is 647. The highest BCUT2D eigenvalue weighted by atomic mass is 16.3. The molecule has 0 unspecified atom stereocenters. The third kappa shape index (κ3) is 7.59. The third-order valence-electron chi connectivity index (χ3n) is 3.10. The molecule has 1 aromatic rings. The molecule has 0 bridgehead atoms. The highest BCUT2D eigenvalue weighted by molar-refractivity contribution is 6.00. The van der Waals surface area contributed by atoms with Gasteiger partial charge in [0.2, 0.25) is 0 Å². The molecule has 0 aliphatic carbocycles. The van der Waals surface area contributed by atoms with Gasteiger partial charge in [-0.25, -0.2) is 0 Å². The summed E-state index contributed by atoms with van der Waals surface area (Å²) in [5, 5.41) is 16.3. The zero-order chi connectivity index (χ0) is 20.4. The first-order valence-corrected chi connectivity index (χ1v) is 8.79. The summed E-state index contributed by atoms with van der Waals surface area (Å²) in [5.41, 5.74) is 1.53. The molecular weight excluding hydrogens is 330 g/mol. The number of phenolic OH excluding ortho intramolecular Hbond substituents is 1. The van der Waals surface area contributed by atoms with E-state index in [1.807, 2.05) is 6.92 Å². The largest absolute Gasteiger partial charge is 0.505 e. The fourth-order valence-corrected chi connectivity index (χ4v) is 1.99. The average Bonchev–Trinajstić information content (AvgIpc) is 2.52. The summed E-state index contributed by atoms with van der Waals surface area (Å²) >= 11 is 0. The summed E-state index contributed by atoms with van der Waals surface area (Å²) in [7, 11) is 3.22. The molecule has 0 heterocycles. The fourth-order valence-electron chi connectivity index (χ4n) is 1.99. The van der Waals surface area contributed by atoms with Gasteiger partial charge >= 0.3 is 0 Å². The van der Waals surface area contributed by atoms with Crippen molar-refractivity contribution in [3.63, 3.8) is 0 Å². The Hall–Kier alpha value is -2.50. The Morgan fingerprint density at radius 1 is 1.15 bits per heavy atom. The molecule has 0 aromatic heterocycles. The van der Waals surface area contributed by atoms with E-state index in [1.54, 1.807) is 33.2 Å². The number of phenols is 1. The number of ketones is 1. The van der Waals surface area contributed by atoms with E-state index < -0.39 is 0 Å². The third-order valence-corrected chi connectivity index (χ3v) is 3.10. The summed E-state index contributed by atoms with van der Waals surface area (Å²) in [5.74, 6) is 0.185. The van der Waals surface area contributed by atoms with Gasteiger partial charge in [-0.05, 0) is 31.9 Å². The van der Waals surface area contributed by atoms with Crippen LogP contribution in [0.3, 0.4) is 0 Å². The molecule has 0 aliphatic heterocycles. The summed E-state index contributed by atoms with van der Waals surface area (Å²) < 4.78 is 0. The Morgan fingerprint density at radius 3 is 2.12 bits per heavy atom. The molecule has 146 valence electrons. The number of carbonyl (C=O) groups is 2. The summed E-state index contributed by atoms with van der Waals surface area (Å²) in [6.07, 6.45) is 0. The molecule has 0 spiro atoms. The van der Waals surface area contributed by atoms with Crippen LogP contribution in [-0.4, -0.2) is 42.3 Å². The van der Waals surface area contributed by atoms with Crippen LogP contribution >= 0.6 is 0 Å². The smallest absolute Gasteiger partial charge is 0.257 e. The van der Waals surface area contributed by atoms with Crippen LogP contribution < -0.4 is 10.6 Å². The number of hydrogen-bond acceptors (Lipinski definition) is 5. The molecule has 0 aliphatic rings. The Morgan fingerprint density at radius 2 is 1.69 bits per heavy atom. The second-order valence-corrected chi connectivity index (χ2v) is 6.84. The summed E-state index contributed by atoms with van der Waals surface area (Å²) in [4.78, 5) is 25.2. The van der Waals surface area contributed by atoms with E-state index in [9.17, 15) is 14.7 Å². The molecule has 6 nitrogen and oxygen atoms in total. The van der Waals surface area contributed by atoms with Crippen molar-refractivity contribution in [1.29, 1.82) is 0 Å². The number of nitrogens with one attached hydrogen (secondary N) is 2. The molecule has 0 saturated heterocycles. The van der Waals surface area contributed by atoms with Crippen LogP contribution in [-0.2, 0) is 4.79 Å². The minimum atomic E-state index is -0.307. The number of carbonyl (C=O) groups excluding carboxylic acids is 2. The fraction of sp³-hybridized carbons (Fsp3) is 0.500. The van der Waals surface area contributed by atoms with E-state index in [-0.39, 0.29) is 23.0 Å². The molecule has 1 rings (SSSR count). The highest BCUT2D eigenvalue weighted by Crippen LogP contribution is 2.29. The van der Waals surface area contributed by atoms with Gasteiger partial charge in [0.05, 0.1) is 11.3 Å². The van der Waals surface area contributed by atoms with Gasteiger partial charge in [-0.3, -0.25) is 9.59 Å². The lowest BCUT2D eigenvalue weighted by atomic mass is 10.1. The zero-order valence-electron chi connectivity index (χ0n) is 17.2. The first-order chi connectivity index (χ1) is 12.0. The van der Waals surface area contributed by atoms with Crippen molar-refractivity contribution < 1.29 is 14.7 Å². The number of benzene rings is 1. The molecule has 0 atom stereocenters. The van der Waals surface area contributed by atoms with Crippen molar-refractivity contribution in [3.8, 4) is 5.75 Å². The second kappa shape index (κ2) is 11.2. The molecule has 1 amide bonds. The number of para-hydroxylation sites is 1. The van der Waals surface area contributed by atoms with Gasteiger partial charge in [0.1, 0.15) is 5.70 Å². The second-order valence-electron chi connectivity index (χ2n) is 6.84. The van der Waals surface area contributed by atoms with Crippen LogP contribution in [0.5, 0.6) is 5.75 Å². The summed E-state index contributed by atoms with van der Waals surface area (Å²) in [6.45, 7) is 12.3. The number of aromatic hydroxyl groups is 1. The van der Waals surface area contributed by atoms with Crippen LogP contribution in [0, 0.1) is 5.92 Å². The molecule has 0 fully saturated rings. The molecule has 1 aromatic carbocycles. The Balaban J connectivity index is 0.00000141. The maximum Gasteiger partial charge on any atom is 0.257 e. The molecule has 6 heteroatoms. The van der Waals surface area contributed by atoms with Crippen LogP contribution in [0.4, 0.5) is 5.69 Å². The number of nitrogens with zero attached hydrogens (tertiary/aromatic N) is 1. The van der Waals surface area contributed by atoms with E-state index >= 15 is 0 Å². The van der Waals surface area contributed by atoms with Gasteiger partial charge in [-0.2, -0.15) is 0 Å². The first-order valence-electron chi connectivity index (χ1n) is 8.79. The van der Waals surface area contributed by atoms with Crippen molar-refractivity contribution in [1.82, 2.24) is 10.2 Å². The van der Waals surface area contributed by atoms with Crippen molar-refractivity contribution >= 4 is 17.4 Å². The van der Waals surface area contributed by atoms with E-state index in [0.29, 0.717) is 23.6 Å². The van der Waals surface area contributed by atoms with E-state index in [2.05, 4.69) is 31.4 Å². The van der Waals surface area contributed by atoms with Crippen molar-refractivity contribution in [2.45, 2.75) is 41.5 Å². The van der Waals surface area contributed by atoms with Crippen molar-refractivity contribution in [2.24, 2.45) is 5.92 Å². The molecule has 0 saturated carbocycles. The zero-order valence-corrected chi connectivity index (χ0v) is 17.2. The van der Waals surface area contributed by atoms with Gasteiger partial charge in [-0.1, -0.05) is 26.8 Å². The minimum absolute atomic E-state index is 0.165. The number of amides is 1. The van der Waals surface area contributed by atoms with Crippen LogP contribution in [0.25, 0.3) is 0 Å². The van der Waals surface area contributed by atoms with E-state index in [0.717, 1.165) is 5.92 Å².